The van der Waals surface area contributed by atoms with Gasteiger partial charge < -0.3 is 4.74 Å². The lowest BCUT2D eigenvalue weighted by atomic mass is 9.99. The smallest absolute Gasteiger partial charge is 0.243 e. The molecular formula is C17H23N3O3S. The maximum Gasteiger partial charge on any atom is 0.243 e. The van der Waals surface area contributed by atoms with Crippen LogP contribution in [0.3, 0.4) is 0 Å². The lowest BCUT2D eigenvalue weighted by Gasteiger charge is -2.30. The van der Waals surface area contributed by atoms with E-state index in [1.165, 1.54) is 4.31 Å². The summed E-state index contributed by atoms with van der Waals surface area (Å²) < 4.78 is 34.6. The van der Waals surface area contributed by atoms with E-state index in [1.807, 2.05) is 32.3 Å². The van der Waals surface area contributed by atoms with E-state index >= 15 is 0 Å². The molecule has 1 atom stereocenters. The van der Waals surface area contributed by atoms with Gasteiger partial charge >= 0.3 is 0 Å². The van der Waals surface area contributed by atoms with Gasteiger partial charge in [-0.15, -0.1) is 0 Å². The molecule has 2 heterocycles. The molecule has 0 amide bonds. The van der Waals surface area contributed by atoms with Crippen LogP contribution >= 0.6 is 0 Å². The van der Waals surface area contributed by atoms with E-state index in [2.05, 4.69) is 5.10 Å². The maximum atomic E-state index is 13.0. The van der Waals surface area contributed by atoms with Crippen LogP contribution < -0.4 is 0 Å². The molecule has 0 fully saturated rings. The van der Waals surface area contributed by atoms with Crippen molar-refractivity contribution in [2.24, 2.45) is 7.05 Å². The molecule has 1 aromatic carbocycles. The Morgan fingerprint density at radius 1 is 1.29 bits per heavy atom. The second-order valence-electron chi connectivity index (χ2n) is 6.16. The highest BCUT2D eigenvalue weighted by Crippen LogP contribution is 2.31. The van der Waals surface area contributed by atoms with Crippen LogP contribution in [0.4, 0.5) is 0 Å². The van der Waals surface area contributed by atoms with Gasteiger partial charge in [0, 0.05) is 44.9 Å². The number of nitrogens with zero attached hydrogens (tertiary/aromatic N) is 3. The van der Waals surface area contributed by atoms with Crippen LogP contribution in [0, 0.1) is 0 Å². The van der Waals surface area contributed by atoms with E-state index in [1.54, 1.807) is 23.9 Å². The van der Waals surface area contributed by atoms with Crippen molar-refractivity contribution in [1.29, 1.82) is 0 Å². The van der Waals surface area contributed by atoms with Crippen LogP contribution in [0.15, 0.2) is 35.4 Å². The molecule has 1 aliphatic heterocycles. The molecular weight excluding hydrogens is 326 g/mol. The minimum Gasteiger partial charge on any atom is -0.384 e. The van der Waals surface area contributed by atoms with Crippen LogP contribution in [-0.2, 0) is 34.8 Å². The number of aromatic nitrogens is 2. The fourth-order valence-electron chi connectivity index (χ4n) is 3.17. The lowest BCUT2D eigenvalue weighted by molar-refractivity contribution is 0.161. The molecule has 130 valence electrons. The molecule has 0 radical (unpaired) electrons. The van der Waals surface area contributed by atoms with Crippen LogP contribution in [0.5, 0.6) is 0 Å². The van der Waals surface area contributed by atoms with Gasteiger partial charge in [0.2, 0.25) is 10.0 Å². The summed E-state index contributed by atoms with van der Waals surface area (Å²) in [4.78, 5) is 0.336. The Morgan fingerprint density at radius 3 is 2.62 bits per heavy atom. The summed E-state index contributed by atoms with van der Waals surface area (Å²) in [6.45, 7) is 3.23. The minimum atomic E-state index is -3.53. The van der Waals surface area contributed by atoms with Gasteiger partial charge in [0.05, 0.1) is 17.2 Å². The Morgan fingerprint density at radius 2 is 2.00 bits per heavy atom. The van der Waals surface area contributed by atoms with E-state index in [4.69, 9.17) is 4.74 Å². The molecule has 1 aliphatic rings. The summed E-state index contributed by atoms with van der Waals surface area (Å²) in [7, 11) is -0.0547. The second-order valence-corrected chi connectivity index (χ2v) is 8.10. The predicted molar refractivity (Wildman–Crippen MR) is 91.2 cm³/mol. The summed E-state index contributed by atoms with van der Waals surface area (Å²) in [5, 5.41) is 4.48. The number of fused-ring (bicyclic) bond motifs is 1. The first kappa shape index (κ1) is 17.1. The molecule has 0 saturated heterocycles. The van der Waals surface area contributed by atoms with Crippen molar-refractivity contribution in [3.63, 3.8) is 0 Å². The number of benzene rings is 1. The van der Waals surface area contributed by atoms with Gasteiger partial charge in [0.15, 0.2) is 0 Å². The van der Waals surface area contributed by atoms with Crippen molar-refractivity contribution >= 4 is 10.0 Å². The average molecular weight is 349 g/mol. The van der Waals surface area contributed by atoms with Crippen molar-refractivity contribution < 1.29 is 13.2 Å². The Labute approximate surface area is 143 Å². The molecule has 2 aromatic rings. The standard InChI is InChI=1S/C17H23N3O3S/c1-4-13-5-7-16(8-6-13)24(21,22)20-10-14-9-19(2)18-17(14)15(11-20)12-23-3/h5-9,15H,4,10-12H2,1-3H3/t15-/m1/s1. The molecule has 3 rings (SSSR count). The van der Waals surface area contributed by atoms with Crippen LogP contribution in [-0.4, -0.2) is 42.8 Å². The third kappa shape index (κ3) is 3.11. The zero-order valence-corrected chi connectivity index (χ0v) is 15.1. The molecule has 0 N–H and O–H groups in total. The third-order valence-electron chi connectivity index (χ3n) is 4.43. The van der Waals surface area contributed by atoms with E-state index < -0.39 is 10.0 Å². The fourth-order valence-corrected chi connectivity index (χ4v) is 4.63. The van der Waals surface area contributed by atoms with Crippen LogP contribution in [0.2, 0.25) is 0 Å². The number of hydrogen-bond acceptors (Lipinski definition) is 4. The Kier molecular flexibility index (Phi) is 4.76. The largest absolute Gasteiger partial charge is 0.384 e. The average Bonchev–Trinajstić information content (AvgIpc) is 2.95. The van der Waals surface area contributed by atoms with E-state index in [0.29, 0.717) is 24.6 Å². The molecule has 0 bridgehead atoms. The van der Waals surface area contributed by atoms with E-state index in [0.717, 1.165) is 23.2 Å². The predicted octanol–water partition coefficient (Wildman–Crippen LogP) is 1.92. The van der Waals surface area contributed by atoms with Crippen molar-refractivity contribution in [1.82, 2.24) is 14.1 Å². The molecule has 24 heavy (non-hydrogen) atoms. The SMILES string of the molecule is CCc1ccc(S(=O)(=O)N2Cc3cn(C)nc3[C@@H](COC)C2)cc1. The van der Waals surface area contributed by atoms with E-state index in [-0.39, 0.29) is 5.92 Å². The van der Waals surface area contributed by atoms with Crippen molar-refractivity contribution in [2.45, 2.75) is 30.7 Å². The number of rotatable bonds is 5. The highest BCUT2D eigenvalue weighted by molar-refractivity contribution is 7.89. The maximum absolute atomic E-state index is 13.0. The molecule has 0 spiro atoms. The van der Waals surface area contributed by atoms with Gasteiger partial charge in [-0.05, 0) is 24.1 Å². The summed E-state index contributed by atoms with van der Waals surface area (Å²) in [5.41, 5.74) is 3.01. The minimum absolute atomic E-state index is 0.0513. The highest BCUT2D eigenvalue weighted by atomic mass is 32.2. The quantitative estimate of drug-likeness (QED) is 0.827. The zero-order valence-electron chi connectivity index (χ0n) is 14.3. The summed E-state index contributed by atoms with van der Waals surface area (Å²) in [6, 6.07) is 7.13. The number of methoxy groups -OCH3 is 1. The van der Waals surface area contributed by atoms with Gasteiger partial charge in [-0.25, -0.2) is 8.42 Å². The number of hydrogen-bond donors (Lipinski definition) is 0. The molecule has 7 heteroatoms. The van der Waals surface area contributed by atoms with Gasteiger partial charge in [-0.2, -0.15) is 9.40 Å². The van der Waals surface area contributed by atoms with Gasteiger partial charge in [0.25, 0.3) is 0 Å². The number of aryl methyl sites for hydroxylation is 2. The molecule has 0 saturated carbocycles. The Hall–Kier alpha value is -1.70. The number of ether oxygens (including phenoxy) is 1. The zero-order chi connectivity index (χ0) is 17.3. The van der Waals surface area contributed by atoms with E-state index in [9.17, 15) is 8.42 Å². The Bertz CT molecular complexity index is 812. The first-order chi connectivity index (χ1) is 11.5. The van der Waals surface area contributed by atoms with Gasteiger partial charge in [0.1, 0.15) is 0 Å². The van der Waals surface area contributed by atoms with Gasteiger partial charge in [-0.1, -0.05) is 19.1 Å². The summed E-state index contributed by atoms with van der Waals surface area (Å²) in [6.07, 6.45) is 2.78. The lowest BCUT2D eigenvalue weighted by Crippen LogP contribution is -2.39. The normalized spacial score (nSPS) is 18.5. The van der Waals surface area contributed by atoms with Gasteiger partial charge in [-0.3, -0.25) is 4.68 Å². The number of sulfonamides is 1. The topological polar surface area (TPSA) is 64.4 Å². The second kappa shape index (κ2) is 6.66. The van der Waals surface area contributed by atoms with Crippen LogP contribution in [0.25, 0.3) is 0 Å². The molecule has 0 unspecified atom stereocenters. The van der Waals surface area contributed by atoms with Crippen molar-refractivity contribution in [3.8, 4) is 0 Å². The van der Waals surface area contributed by atoms with Crippen molar-refractivity contribution in [2.75, 3.05) is 20.3 Å². The third-order valence-corrected chi connectivity index (χ3v) is 6.26. The fraction of sp³-hybridized carbons (Fsp3) is 0.471. The monoisotopic (exact) mass is 349 g/mol. The Balaban J connectivity index is 1.93. The first-order valence-electron chi connectivity index (χ1n) is 8.06. The highest BCUT2D eigenvalue weighted by Gasteiger charge is 2.35. The summed E-state index contributed by atoms with van der Waals surface area (Å²) >= 11 is 0. The molecule has 6 nitrogen and oxygen atoms in total. The molecule has 1 aromatic heterocycles. The van der Waals surface area contributed by atoms with Crippen LogP contribution in [0.1, 0.15) is 29.7 Å². The molecule has 0 aliphatic carbocycles. The van der Waals surface area contributed by atoms with Crippen molar-refractivity contribution in [3.05, 3.63) is 47.3 Å². The first-order valence-corrected chi connectivity index (χ1v) is 9.50. The summed E-state index contributed by atoms with van der Waals surface area (Å²) in [5.74, 6) is -0.0513.